The number of rotatable bonds is 5. The molecule has 31 heavy (non-hydrogen) atoms. The quantitative estimate of drug-likeness (QED) is 0.481. The molecule has 0 spiro atoms. The van der Waals surface area contributed by atoms with E-state index in [0.717, 1.165) is 16.3 Å². The highest BCUT2D eigenvalue weighted by Crippen LogP contribution is 2.25. The molecule has 2 heterocycles. The van der Waals surface area contributed by atoms with Crippen LogP contribution in [-0.4, -0.2) is 29.0 Å². The van der Waals surface area contributed by atoms with E-state index in [4.69, 9.17) is 16.3 Å². The van der Waals surface area contributed by atoms with E-state index < -0.39 is 17.8 Å². The Morgan fingerprint density at radius 2 is 1.65 bits per heavy atom. The highest BCUT2D eigenvalue weighted by molar-refractivity contribution is 6.39. The average Bonchev–Trinajstić information content (AvgIpc) is 3.21. The number of amides is 4. The van der Waals surface area contributed by atoms with Crippen molar-refractivity contribution in [1.29, 1.82) is 0 Å². The predicted octanol–water partition coefficient (Wildman–Crippen LogP) is 4.20. The van der Waals surface area contributed by atoms with Gasteiger partial charge in [0.05, 0.1) is 12.3 Å². The van der Waals surface area contributed by atoms with Gasteiger partial charge in [-0.2, -0.15) is 0 Å². The van der Waals surface area contributed by atoms with Crippen LogP contribution in [0.15, 0.2) is 72.4 Å². The lowest BCUT2D eigenvalue weighted by Crippen LogP contribution is -2.54. The molecule has 0 atom stereocenters. The fourth-order valence-corrected chi connectivity index (χ4v) is 3.37. The van der Waals surface area contributed by atoms with E-state index in [2.05, 4.69) is 5.32 Å². The summed E-state index contributed by atoms with van der Waals surface area (Å²) < 4.78 is 7.29. The Bertz CT molecular complexity index is 1180. The normalized spacial score (nSPS) is 15.4. The van der Waals surface area contributed by atoms with E-state index in [-0.39, 0.29) is 5.57 Å². The van der Waals surface area contributed by atoms with Crippen molar-refractivity contribution in [3.05, 3.63) is 83.2 Å². The van der Waals surface area contributed by atoms with Crippen LogP contribution in [0.25, 0.3) is 11.8 Å². The molecule has 1 fully saturated rings. The lowest BCUT2D eigenvalue weighted by atomic mass is 10.1. The van der Waals surface area contributed by atoms with E-state index in [0.29, 0.717) is 23.0 Å². The molecule has 2 aromatic carbocycles. The molecule has 0 unspecified atom stereocenters. The number of carbonyl (C=O) groups excluding carboxylic acids is 3. The summed E-state index contributed by atoms with van der Waals surface area (Å²) in [6.45, 7) is 2.48. The smallest absolute Gasteiger partial charge is 0.335 e. The van der Waals surface area contributed by atoms with Crippen molar-refractivity contribution >= 4 is 41.2 Å². The van der Waals surface area contributed by atoms with Crippen molar-refractivity contribution in [2.24, 2.45) is 0 Å². The van der Waals surface area contributed by atoms with Gasteiger partial charge in [-0.1, -0.05) is 11.6 Å². The molecule has 156 valence electrons. The summed E-state index contributed by atoms with van der Waals surface area (Å²) in [7, 11) is 0. The standard InChI is InChI=1S/C23H18ClN3O4/c1-2-31-19-11-9-16(10-12-19)26-13-3-4-18(26)14-20-21(28)25-23(30)27(22(20)29)17-7-5-15(24)6-8-17/h3-14H,2H2,1H3,(H,25,28,30). The number of carbonyl (C=O) groups is 3. The maximum atomic E-state index is 13.0. The van der Waals surface area contributed by atoms with Gasteiger partial charge in [-0.3, -0.25) is 14.9 Å². The number of halogens is 1. The zero-order valence-corrected chi connectivity index (χ0v) is 17.3. The molecule has 0 bridgehead atoms. The van der Waals surface area contributed by atoms with Crippen LogP contribution in [0.2, 0.25) is 5.02 Å². The molecule has 0 aliphatic carbocycles. The van der Waals surface area contributed by atoms with Crippen LogP contribution < -0.4 is 15.0 Å². The first-order valence-corrected chi connectivity index (χ1v) is 9.93. The SMILES string of the molecule is CCOc1ccc(-n2cccc2C=C2C(=O)NC(=O)N(c3ccc(Cl)cc3)C2=O)cc1. The van der Waals surface area contributed by atoms with E-state index in [1.165, 1.54) is 18.2 Å². The Morgan fingerprint density at radius 1 is 0.968 bits per heavy atom. The fourth-order valence-electron chi connectivity index (χ4n) is 3.25. The van der Waals surface area contributed by atoms with Gasteiger partial charge in [0, 0.05) is 22.6 Å². The van der Waals surface area contributed by atoms with Crippen LogP contribution in [0, 0.1) is 0 Å². The van der Waals surface area contributed by atoms with Gasteiger partial charge >= 0.3 is 6.03 Å². The molecule has 1 aliphatic rings. The third kappa shape index (κ3) is 4.08. The zero-order chi connectivity index (χ0) is 22.0. The van der Waals surface area contributed by atoms with Crippen LogP contribution in [0.4, 0.5) is 10.5 Å². The maximum absolute atomic E-state index is 13.0. The monoisotopic (exact) mass is 435 g/mol. The van der Waals surface area contributed by atoms with Crippen molar-refractivity contribution in [3.8, 4) is 11.4 Å². The third-order valence-electron chi connectivity index (χ3n) is 4.68. The highest BCUT2D eigenvalue weighted by atomic mass is 35.5. The Balaban J connectivity index is 1.69. The number of urea groups is 1. The van der Waals surface area contributed by atoms with Gasteiger partial charge < -0.3 is 9.30 Å². The summed E-state index contributed by atoms with van der Waals surface area (Å²) in [6.07, 6.45) is 3.28. The van der Waals surface area contributed by atoms with Crippen molar-refractivity contribution in [2.75, 3.05) is 11.5 Å². The number of ether oxygens (including phenoxy) is 1. The molecule has 0 saturated carbocycles. The predicted molar refractivity (Wildman–Crippen MR) is 117 cm³/mol. The summed E-state index contributed by atoms with van der Waals surface area (Å²) in [5, 5.41) is 2.68. The number of imide groups is 2. The minimum absolute atomic E-state index is 0.152. The molecular formula is C23H18ClN3O4. The topological polar surface area (TPSA) is 80.6 Å². The van der Waals surface area contributed by atoms with Gasteiger partial charge in [0.1, 0.15) is 11.3 Å². The molecule has 1 aromatic heterocycles. The van der Waals surface area contributed by atoms with Gasteiger partial charge in [0.15, 0.2) is 0 Å². The van der Waals surface area contributed by atoms with Gasteiger partial charge in [-0.25, -0.2) is 9.69 Å². The molecule has 1 N–H and O–H groups in total. The van der Waals surface area contributed by atoms with Crippen molar-refractivity contribution in [3.63, 3.8) is 0 Å². The Morgan fingerprint density at radius 3 is 2.32 bits per heavy atom. The fraction of sp³-hybridized carbons (Fsp3) is 0.0870. The van der Waals surface area contributed by atoms with Gasteiger partial charge in [-0.15, -0.1) is 0 Å². The second-order valence-electron chi connectivity index (χ2n) is 6.66. The number of barbiturate groups is 1. The van der Waals surface area contributed by atoms with Crippen molar-refractivity contribution < 1.29 is 19.1 Å². The summed E-state index contributed by atoms with van der Waals surface area (Å²) in [5.41, 5.74) is 1.59. The second-order valence-corrected chi connectivity index (χ2v) is 7.10. The molecule has 0 radical (unpaired) electrons. The summed E-state index contributed by atoms with van der Waals surface area (Å²) >= 11 is 5.89. The molecule has 1 aliphatic heterocycles. The summed E-state index contributed by atoms with van der Waals surface area (Å²) in [5.74, 6) is -0.715. The van der Waals surface area contributed by atoms with E-state index >= 15 is 0 Å². The number of nitrogens with zero attached hydrogens (tertiary/aromatic N) is 2. The molecule has 1 saturated heterocycles. The number of nitrogens with one attached hydrogen (secondary N) is 1. The van der Waals surface area contributed by atoms with E-state index in [1.807, 2.05) is 42.0 Å². The van der Waals surface area contributed by atoms with Crippen molar-refractivity contribution in [1.82, 2.24) is 9.88 Å². The number of hydrogen-bond donors (Lipinski definition) is 1. The first-order valence-electron chi connectivity index (χ1n) is 9.55. The first kappa shape index (κ1) is 20.4. The number of benzene rings is 2. The number of hydrogen-bond acceptors (Lipinski definition) is 4. The minimum atomic E-state index is -0.809. The average molecular weight is 436 g/mol. The van der Waals surface area contributed by atoms with E-state index in [9.17, 15) is 14.4 Å². The molecule has 4 amide bonds. The molecular weight excluding hydrogens is 418 g/mol. The lowest BCUT2D eigenvalue weighted by Gasteiger charge is -2.26. The summed E-state index contributed by atoms with van der Waals surface area (Å²) in [6, 6.07) is 16.4. The highest BCUT2D eigenvalue weighted by Gasteiger charge is 2.37. The molecule has 3 aromatic rings. The van der Waals surface area contributed by atoms with Crippen LogP contribution in [-0.2, 0) is 9.59 Å². The molecule has 4 rings (SSSR count). The summed E-state index contributed by atoms with van der Waals surface area (Å²) in [4.78, 5) is 38.7. The van der Waals surface area contributed by atoms with Crippen LogP contribution in [0.1, 0.15) is 12.6 Å². The largest absolute Gasteiger partial charge is 0.494 e. The lowest BCUT2D eigenvalue weighted by molar-refractivity contribution is -0.122. The minimum Gasteiger partial charge on any atom is -0.494 e. The Kier molecular flexibility index (Phi) is 5.60. The van der Waals surface area contributed by atoms with Gasteiger partial charge in [0.2, 0.25) is 0 Å². The first-order chi connectivity index (χ1) is 15.0. The molecule has 7 nitrogen and oxygen atoms in total. The Hall–Kier alpha value is -3.84. The van der Waals surface area contributed by atoms with E-state index in [1.54, 1.807) is 24.3 Å². The van der Waals surface area contributed by atoms with Crippen LogP contribution in [0.5, 0.6) is 5.75 Å². The maximum Gasteiger partial charge on any atom is 0.335 e. The zero-order valence-electron chi connectivity index (χ0n) is 16.5. The van der Waals surface area contributed by atoms with Gasteiger partial charge in [0.25, 0.3) is 11.8 Å². The van der Waals surface area contributed by atoms with Crippen LogP contribution >= 0.6 is 11.6 Å². The number of anilines is 1. The van der Waals surface area contributed by atoms with Crippen molar-refractivity contribution in [2.45, 2.75) is 6.92 Å². The Labute approximate surface area is 183 Å². The third-order valence-corrected chi connectivity index (χ3v) is 4.94. The van der Waals surface area contributed by atoms with Gasteiger partial charge in [-0.05, 0) is 73.7 Å². The second kappa shape index (κ2) is 8.49. The van der Waals surface area contributed by atoms with Crippen LogP contribution in [0.3, 0.4) is 0 Å². The number of aromatic nitrogens is 1. The molecule has 8 heteroatoms.